The first-order chi connectivity index (χ1) is 9.12. The summed E-state index contributed by atoms with van der Waals surface area (Å²) in [5, 5.41) is 0.616. The van der Waals surface area contributed by atoms with E-state index in [2.05, 4.69) is 15.4 Å². The summed E-state index contributed by atoms with van der Waals surface area (Å²) >= 11 is 1.22. The van der Waals surface area contributed by atoms with Crippen molar-refractivity contribution in [3.63, 3.8) is 0 Å². The number of rotatable bonds is 4. The van der Waals surface area contributed by atoms with Gasteiger partial charge in [0.05, 0.1) is 0 Å². The Labute approximate surface area is 113 Å². The third-order valence-electron chi connectivity index (χ3n) is 2.33. The van der Waals surface area contributed by atoms with Crippen molar-refractivity contribution in [2.45, 2.75) is 23.3 Å². The molecule has 0 spiro atoms. The van der Waals surface area contributed by atoms with E-state index in [0.717, 1.165) is 12.1 Å². The molecule has 1 aromatic carbocycles. The van der Waals surface area contributed by atoms with Crippen LogP contribution in [-0.4, -0.2) is 9.97 Å². The maximum Gasteiger partial charge on any atom is 0.159 e. The molecule has 0 aliphatic heterocycles. The molecule has 3 N–H and O–H groups in total. The number of nitrogens with two attached hydrogens (primary N) is 1. The molecule has 2 rings (SSSR count). The average molecular weight is 282 g/mol. The fraction of sp³-hybridized carbons (Fsp3) is 0.167. The van der Waals surface area contributed by atoms with Crippen molar-refractivity contribution in [1.29, 1.82) is 0 Å². The third-order valence-corrected chi connectivity index (χ3v) is 3.23. The predicted molar refractivity (Wildman–Crippen MR) is 69.7 cm³/mol. The Morgan fingerprint density at radius 1 is 1.21 bits per heavy atom. The highest BCUT2D eigenvalue weighted by atomic mass is 32.2. The normalized spacial score (nSPS) is 10.5. The van der Waals surface area contributed by atoms with Gasteiger partial charge in [0, 0.05) is 17.4 Å². The van der Waals surface area contributed by atoms with E-state index in [0.29, 0.717) is 28.0 Å². The zero-order valence-corrected chi connectivity index (χ0v) is 11.0. The number of nitrogens with zero attached hydrogens (tertiary/aromatic N) is 2. The van der Waals surface area contributed by atoms with E-state index in [4.69, 9.17) is 5.84 Å². The lowest BCUT2D eigenvalue weighted by molar-refractivity contribution is 0.506. The number of nitrogens with one attached hydrogen (secondary N) is 1. The van der Waals surface area contributed by atoms with Crippen LogP contribution in [0.1, 0.15) is 12.7 Å². The Morgan fingerprint density at radius 3 is 2.63 bits per heavy atom. The van der Waals surface area contributed by atoms with E-state index in [9.17, 15) is 8.78 Å². The summed E-state index contributed by atoms with van der Waals surface area (Å²) in [6.07, 6.45) is 0.654. The van der Waals surface area contributed by atoms with E-state index in [1.165, 1.54) is 17.8 Å². The highest BCUT2D eigenvalue weighted by Crippen LogP contribution is 2.28. The molecular formula is C12H12F2N4S. The maximum absolute atomic E-state index is 13.1. The number of hydrogen-bond acceptors (Lipinski definition) is 5. The van der Waals surface area contributed by atoms with Crippen molar-refractivity contribution >= 4 is 17.6 Å². The van der Waals surface area contributed by atoms with E-state index < -0.39 is 11.6 Å². The van der Waals surface area contributed by atoms with Gasteiger partial charge in [0.2, 0.25) is 0 Å². The molecule has 1 heterocycles. The van der Waals surface area contributed by atoms with Gasteiger partial charge in [-0.25, -0.2) is 24.6 Å². The highest BCUT2D eigenvalue weighted by molar-refractivity contribution is 7.99. The van der Waals surface area contributed by atoms with Gasteiger partial charge in [-0.3, -0.25) is 0 Å². The Kier molecular flexibility index (Phi) is 4.28. The van der Waals surface area contributed by atoms with Crippen molar-refractivity contribution in [2.75, 3.05) is 5.43 Å². The van der Waals surface area contributed by atoms with Gasteiger partial charge < -0.3 is 5.43 Å². The van der Waals surface area contributed by atoms with Crippen molar-refractivity contribution in [2.24, 2.45) is 5.84 Å². The topological polar surface area (TPSA) is 63.8 Å². The first-order valence-electron chi connectivity index (χ1n) is 5.60. The molecule has 0 aliphatic rings. The molecule has 4 nitrogen and oxygen atoms in total. The van der Waals surface area contributed by atoms with Crippen LogP contribution in [0.5, 0.6) is 0 Å². The minimum atomic E-state index is -0.882. The molecule has 0 amide bonds. The van der Waals surface area contributed by atoms with Gasteiger partial charge in [-0.15, -0.1) is 0 Å². The number of benzene rings is 1. The maximum atomic E-state index is 13.1. The number of aromatic nitrogens is 2. The smallest absolute Gasteiger partial charge is 0.159 e. The highest BCUT2D eigenvalue weighted by Gasteiger charge is 2.07. The lowest BCUT2D eigenvalue weighted by atomic mass is 10.3. The molecule has 2 aromatic rings. The molecule has 0 aliphatic carbocycles. The van der Waals surface area contributed by atoms with Crippen LogP contribution in [0.3, 0.4) is 0 Å². The quantitative estimate of drug-likeness (QED) is 0.513. The largest absolute Gasteiger partial charge is 0.308 e. The van der Waals surface area contributed by atoms with Crippen LogP contribution in [0, 0.1) is 11.6 Å². The molecule has 19 heavy (non-hydrogen) atoms. The SMILES string of the molecule is CCc1nc(NN)cc(Sc2ccc(F)c(F)c2)n1. The number of anilines is 1. The monoisotopic (exact) mass is 282 g/mol. The minimum Gasteiger partial charge on any atom is -0.308 e. The number of hydrazine groups is 1. The predicted octanol–water partition coefficient (Wildman–Crippen LogP) is 2.75. The van der Waals surface area contributed by atoms with Crippen LogP contribution in [0.15, 0.2) is 34.2 Å². The number of hydrogen-bond donors (Lipinski definition) is 2. The van der Waals surface area contributed by atoms with Crippen LogP contribution in [-0.2, 0) is 6.42 Å². The third kappa shape index (κ3) is 3.39. The summed E-state index contributed by atoms with van der Waals surface area (Å²) in [5.41, 5.74) is 2.45. The Morgan fingerprint density at radius 2 is 2.00 bits per heavy atom. The van der Waals surface area contributed by atoms with Crippen LogP contribution in [0.2, 0.25) is 0 Å². The van der Waals surface area contributed by atoms with Crippen molar-refractivity contribution in [3.8, 4) is 0 Å². The fourth-order valence-electron chi connectivity index (χ4n) is 1.42. The summed E-state index contributed by atoms with van der Waals surface area (Å²) in [6, 6.07) is 5.35. The molecule has 0 atom stereocenters. The average Bonchev–Trinajstić information content (AvgIpc) is 2.42. The molecule has 7 heteroatoms. The van der Waals surface area contributed by atoms with Crippen LogP contribution < -0.4 is 11.3 Å². The second-order valence-electron chi connectivity index (χ2n) is 3.68. The van der Waals surface area contributed by atoms with Gasteiger partial charge >= 0.3 is 0 Å². The zero-order chi connectivity index (χ0) is 13.8. The summed E-state index contributed by atoms with van der Waals surface area (Å²) in [6.45, 7) is 1.92. The molecule has 0 bridgehead atoms. The first-order valence-corrected chi connectivity index (χ1v) is 6.41. The van der Waals surface area contributed by atoms with Gasteiger partial charge in [-0.2, -0.15) is 0 Å². The summed E-state index contributed by atoms with van der Waals surface area (Å²) < 4.78 is 26.0. The van der Waals surface area contributed by atoms with E-state index in [1.807, 2.05) is 6.92 Å². The van der Waals surface area contributed by atoms with Crippen LogP contribution in [0.25, 0.3) is 0 Å². The summed E-state index contributed by atoms with van der Waals surface area (Å²) in [5.74, 6) is 4.68. The number of halogens is 2. The second-order valence-corrected chi connectivity index (χ2v) is 4.78. The molecule has 0 radical (unpaired) electrons. The fourth-order valence-corrected chi connectivity index (χ4v) is 2.28. The lowest BCUT2D eigenvalue weighted by Crippen LogP contribution is -2.10. The Balaban J connectivity index is 2.29. The number of aryl methyl sites for hydroxylation is 1. The molecule has 0 fully saturated rings. The van der Waals surface area contributed by atoms with Gasteiger partial charge in [-0.1, -0.05) is 18.7 Å². The van der Waals surface area contributed by atoms with Crippen LogP contribution >= 0.6 is 11.8 Å². The zero-order valence-electron chi connectivity index (χ0n) is 10.2. The Hall–Kier alpha value is -1.73. The van der Waals surface area contributed by atoms with Crippen molar-refractivity contribution < 1.29 is 8.78 Å². The standard InChI is InChI=1S/C12H12F2N4S/c1-2-10-16-11(18-15)6-12(17-10)19-7-3-4-8(13)9(14)5-7/h3-6H,2,15H2,1H3,(H,16,17,18). The second kappa shape index (κ2) is 5.94. The van der Waals surface area contributed by atoms with E-state index in [1.54, 1.807) is 6.07 Å². The van der Waals surface area contributed by atoms with Gasteiger partial charge in [0.25, 0.3) is 0 Å². The van der Waals surface area contributed by atoms with Gasteiger partial charge in [-0.05, 0) is 18.2 Å². The Bertz CT molecular complexity index is 570. The minimum absolute atomic E-state index is 0.483. The molecule has 0 saturated heterocycles. The van der Waals surface area contributed by atoms with Gasteiger partial charge in [0.1, 0.15) is 16.7 Å². The number of nitrogen functional groups attached to an aromatic ring is 1. The molecule has 0 unspecified atom stereocenters. The van der Waals surface area contributed by atoms with Crippen LogP contribution in [0.4, 0.5) is 14.6 Å². The van der Waals surface area contributed by atoms with Crippen molar-refractivity contribution in [1.82, 2.24) is 9.97 Å². The summed E-state index contributed by atoms with van der Waals surface area (Å²) in [4.78, 5) is 8.99. The first kappa shape index (κ1) is 13.7. The molecular weight excluding hydrogens is 270 g/mol. The lowest BCUT2D eigenvalue weighted by Gasteiger charge is -2.06. The van der Waals surface area contributed by atoms with Crippen molar-refractivity contribution in [3.05, 3.63) is 41.7 Å². The molecule has 100 valence electrons. The molecule has 1 aromatic heterocycles. The summed E-state index contributed by atoms with van der Waals surface area (Å²) in [7, 11) is 0. The molecule has 0 saturated carbocycles. The van der Waals surface area contributed by atoms with Gasteiger partial charge in [0.15, 0.2) is 11.6 Å². The van der Waals surface area contributed by atoms with E-state index in [-0.39, 0.29) is 0 Å². The van der Waals surface area contributed by atoms with E-state index >= 15 is 0 Å².